The Morgan fingerprint density at radius 2 is 2.29 bits per heavy atom. The van der Waals surface area contributed by atoms with Gasteiger partial charge in [0.2, 0.25) is 0 Å². The molecule has 3 heterocycles. The molecule has 0 radical (unpaired) electrons. The molecule has 1 unspecified atom stereocenters. The molecule has 17 heavy (non-hydrogen) atoms. The van der Waals surface area contributed by atoms with E-state index in [1.807, 2.05) is 6.20 Å². The van der Waals surface area contributed by atoms with Gasteiger partial charge in [-0.05, 0) is 31.5 Å². The van der Waals surface area contributed by atoms with Crippen molar-refractivity contribution in [2.75, 3.05) is 6.54 Å². The van der Waals surface area contributed by atoms with Crippen LogP contribution < -0.4 is 5.32 Å². The van der Waals surface area contributed by atoms with E-state index in [1.165, 1.54) is 29.9 Å². The van der Waals surface area contributed by atoms with Gasteiger partial charge in [0.1, 0.15) is 5.82 Å². The number of imidazole rings is 1. The molecule has 90 valence electrons. The summed E-state index contributed by atoms with van der Waals surface area (Å²) in [5.41, 5.74) is 2.57. The fraction of sp³-hybridized carbons (Fsp3) is 0.500. The summed E-state index contributed by atoms with van der Waals surface area (Å²) in [4.78, 5) is 4.56. The molecule has 1 aliphatic heterocycles. The van der Waals surface area contributed by atoms with Gasteiger partial charge in [-0.1, -0.05) is 19.9 Å². The Morgan fingerprint density at radius 1 is 1.41 bits per heavy atom. The minimum atomic E-state index is 0.458. The first kappa shape index (κ1) is 10.8. The lowest BCUT2D eigenvalue weighted by Gasteiger charge is -2.16. The number of pyridine rings is 1. The predicted molar refractivity (Wildman–Crippen MR) is 69.3 cm³/mol. The van der Waals surface area contributed by atoms with Crippen molar-refractivity contribution in [3.63, 3.8) is 0 Å². The Hall–Kier alpha value is -1.35. The van der Waals surface area contributed by atoms with Crippen molar-refractivity contribution in [3.8, 4) is 0 Å². The molecule has 1 fully saturated rings. The van der Waals surface area contributed by atoms with E-state index in [9.17, 15) is 0 Å². The van der Waals surface area contributed by atoms with Gasteiger partial charge in [-0.25, -0.2) is 4.98 Å². The summed E-state index contributed by atoms with van der Waals surface area (Å²) in [6.45, 7) is 5.54. The second kappa shape index (κ2) is 4.15. The molecule has 0 aromatic carbocycles. The van der Waals surface area contributed by atoms with Crippen LogP contribution >= 0.6 is 0 Å². The molecule has 1 saturated heterocycles. The summed E-state index contributed by atoms with van der Waals surface area (Å²) in [5.74, 6) is 1.63. The number of rotatable bonds is 2. The lowest BCUT2D eigenvalue weighted by molar-refractivity contribution is 0.607. The Kier molecular flexibility index (Phi) is 2.63. The van der Waals surface area contributed by atoms with Crippen molar-refractivity contribution in [3.05, 3.63) is 35.9 Å². The van der Waals surface area contributed by atoms with Crippen LogP contribution in [0.4, 0.5) is 0 Å². The Bertz CT molecular complexity index is 521. The van der Waals surface area contributed by atoms with E-state index < -0.39 is 0 Å². The molecule has 3 nitrogen and oxygen atoms in total. The maximum absolute atomic E-state index is 4.56. The van der Waals surface area contributed by atoms with Gasteiger partial charge in [-0.15, -0.1) is 0 Å². The molecule has 0 spiro atoms. The van der Waals surface area contributed by atoms with E-state index in [1.54, 1.807) is 0 Å². The van der Waals surface area contributed by atoms with Crippen LogP contribution in [0.15, 0.2) is 24.4 Å². The predicted octanol–water partition coefficient (Wildman–Crippen LogP) is 2.88. The zero-order valence-corrected chi connectivity index (χ0v) is 10.5. The first-order valence-corrected chi connectivity index (χ1v) is 6.47. The molecule has 1 N–H and O–H groups in total. The first-order valence-electron chi connectivity index (χ1n) is 6.47. The number of hydrogen-bond donors (Lipinski definition) is 1. The van der Waals surface area contributed by atoms with Crippen LogP contribution in [-0.2, 0) is 0 Å². The summed E-state index contributed by atoms with van der Waals surface area (Å²) < 4.78 is 2.33. The molecule has 0 saturated carbocycles. The third-order valence-electron chi connectivity index (χ3n) is 3.54. The van der Waals surface area contributed by atoms with Gasteiger partial charge in [0.15, 0.2) is 0 Å². The van der Waals surface area contributed by atoms with Crippen molar-refractivity contribution in [1.82, 2.24) is 14.7 Å². The van der Waals surface area contributed by atoms with Crippen molar-refractivity contribution >= 4 is 5.52 Å². The maximum atomic E-state index is 4.56. The molecule has 0 bridgehead atoms. The van der Waals surface area contributed by atoms with E-state index >= 15 is 0 Å². The zero-order valence-electron chi connectivity index (χ0n) is 10.5. The maximum Gasteiger partial charge on any atom is 0.116 e. The van der Waals surface area contributed by atoms with Crippen molar-refractivity contribution in [1.29, 1.82) is 0 Å². The minimum Gasteiger partial charge on any atom is -0.309 e. The van der Waals surface area contributed by atoms with Gasteiger partial charge >= 0.3 is 0 Å². The van der Waals surface area contributed by atoms with Crippen LogP contribution in [0.25, 0.3) is 5.52 Å². The summed E-state index contributed by atoms with van der Waals surface area (Å²) in [5, 5.41) is 3.57. The van der Waals surface area contributed by atoms with Crippen LogP contribution in [-0.4, -0.2) is 15.9 Å². The highest BCUT2D eigenvalue weighted by atomic mass is 15.1. The Balaban J connectivity index is 2.18. The lowest BCUT2D eigenvalue weighted by atomic mass is 10.1. The van der Waals surface area contributed by atoms with E-state index in [4.69, 9.17) is 0 Å². The van der Waals surface area contributed by atoms with E-state index in [-0.39, 0.29) is 0 Å². The number of hydrogen-bond acceptors (Lipinski definition) is 2. The van der Waals surface area contributed by atoms with Gasteiger partial charge in [-0.2, -0.15) is 0 Å². The average Bonchev–Trinajstić information content (AvgIpc) is 2.97. The summed E-state index contributed by atoms with van der Waals surface area (Å²) in [7, 11) is 0. The quantitative estimate of drug-likeness (QED) is 0.858. The Labute approximate surface area is 102 Å². The molecular weight excluding hydrogens is 210 g/mol. The van der Waals surface area contributed by atoms with Crippen molar-refractivity contribution < 1.29 is 0 Å². The second-order valence-corrected chi connectivity index (χ2v) is 5.13. The van der Waals surface area contributed by atoms with Crippen LogP contribution in [0.1, 0.15) is 50.2 Å². The molecule has 3 rings (SSSR count). The van der Waals surface area contributed by atoms with Crippen LogP contribution in [0.2, 0.25) is 0 Å². The second-order valence-electron chi connectivity index (χ2n) is 5.13. The average molecular weight is 229 g/mol. The third-order valence-corrected chi connectivity index (χ3v) is 3.54. The smallest absolute Gasteiger partial charge is 0.116 e. The number of fused-ring (bicyclic) bond motifs is 1. The standard InChI is InChI=1S/C14H19N3/c1-10(2)14-16-9-11-5-3-7-13(17(11)14)12-6-4-8-15-12/h3,5,7,9-10,12,15H,4,6,8H2,1-2H3. The lowest BCUT2D eigenvalue weighted by Crippen LogP contribution is -2.17. The summed E-state index contributed by atoms with van der Waals surface area (Å²) >= 11 is 0. The topological polar surface area (TPSA) is 29.3 Å². The van der Waals surface area contributed by atoms with Gasteiger partial charge < -0.3 is 5.32 Å². The van der Waals surface area contributed by atoms with E-state index in [0.717, 1.165) is 6.54 Å². The highest BCUT2D eigenvalue weighted by molar-refractivity contribution is 5.48. The number of nitrogens with one attached hydrogen (secondary N) is 1. The summed E-state index contributed by atoms with van der Waals surface area (Å²) in [6.07, 6.45) is 4.48. The third kappa shape index (κ3) is 1.75. The molecule has 1 atom stereocenters. The van der Waals surface area contributed by atoms with Gasteiger partial charge in [0.05, 0.1) is 11.7 Å². The molecule has 0 amide bonds. The SMILES string of the molecule is CC(C)c1ncc2cccc(C3CCCN3)n12. The minimum absolute atomic E-state index is 0.458. The molecule has 0 aliphatic carbocycles. The van der Waals surface area contributed by atoms with Crippen LogP contribution in [0, 0.1) is 0 Å². The van der Waals surface area contributed by atoms with Crippen LogP contribution in [0.3, 0.4) is 0 Å². The molecule has 2 aromatic heterocycles. The number of aromatic nitrogens is 2. The first-order chi connectivity index (χ1) is 8.27. The highest BCUT2D eigenvalue weighted by Gasteiger charge is 2.20. The fourth-order valence-corrected chi connectivity index (χ4v) is 2.72. The van der Waals surface area contributed by atoms with E-state index in [2.05, 4.69) is 46.7 Å². The molecule has 2 aromatic rings. The highest BCUT2D eigenvalue weighted by Crippen LogP contribution is 2.26. The summed E-state index contributed by atoms with van der Waals surface area (Å²) in [6, 6.07) is 6.99. The van der Waals surface area contributed by atoms with Crippen molar-refractivity contribution in [2.24, 2.45) is 0 Å². The van der Waals surface area contributed by atoms with E-state index in [0.29, 0.717) is 12.0 Å². The van der Waals surface area contributed by atoms with Gasteiger partial charge in [0.25, 0.3) is 0 Å². The molecule has 3 heteroatoms. The molecule has 1 aliphatic rings. The normalized spacial score (nSPS) is 20.5. The van der Waals surface area contributed by atoms with Gasteiger partial charge in [-0.3, -0.25) is 4.40 Å². The number of nitrogens with zero attached hydrogens (tertiary/aromatic N) is 2. The Morgan fingerprint density at radius 3 is 3.00 bits per heavy atom. The van der Waals surface area contributed by atoms with Crippen LogP contribution in [0.5, 0.6) is 0 Å². The molecular formula is C14H19N3. The van der Waals surface area contributed by atoms with Crippen molar-refractivity contribution in [2.45, 2.75) is 38.6 Å². The largest absolute Gasteiger partial charge is 0.309 e. The monoisotopic (exact) mass is 229 g/mol. The van der Waals surface area contributed by atoms with Gasteiger partial charge in [0, 0.05) is 17.7 Å². The zero-order chi connectivity index (χ0) is 11.8. The fourth-order valence-electron chi connectivity index (χ4n) is 2.72.